The van der Waals surface area contributed by atoms with Crippen molar-refractivity contribution in [2.24, 2.45) is 0 Å². The molecule has 4 rings (SSSR count). The molecule has 2 aromatic rings. The summed E-state index contributed by atoms with van der Waals surface area (Å²) in [4.78, 5) is 20.7. The van der Waals surface area contributed by atoms with E-state index in [1.807, 2.05) is 35.8 Å². The van der Waals surface area contributed by atoms with E-state index in [1.54, 1.807) is 11.3 Å². The van der Waals surface area contributed by atoms with Gasteiger partial charge in [-0.3, -0.25) is 9.48 Å². The van der Waals surface area contributed by atoms with Crippen LogP contribution in [0.4, 0.5) is 0 Å². The summed E-state index contributed by atoms with van der Waals surface area (Å²) in [5.74, 6) is 0.00595. The molecule has 1 saturated heterocycles. The first-order valence-electron chi connectivity index (χ1n) is 9.12. The molecule has 25 heavy (non-hydrogen) atoms. The zero-order valence-corrected chi connectivity index (χ0v) is 15.7. The third-order valence-corrected chi connectivity index (χ3v) is 6.40. The van der Waals surface area contributed by atoms with Crippen LogP contribution in [0.15, 0.2) is 12.3 Å². The number of carbonyl (C=O) groups excluding carboxylic acids is 1. The predicted molar refractivity (Wildman–Crippen MR) is 98.0 cm³/mol. The first-order valence-corrected chi connectivity index (χ1v) is 9.94. The maximum Gasteiger partial charge on any atom is 0.274 e. The van der Waals surface area contributed by atoms with Gasteiger partial charge in [-0.05, 0) is 51.6 Å². The minimum atomic E-state index is 0.00595. The number of aromatic nitrogens is 3. The van der Waals surface area contributed by atoms with E-state index in [4.69, 9.17) is 0 Å². The predicted octanol–water partition coefficient (Wildman–Crippen LogP) is 2.72. The van der Waals surface area contributed by atoms with Gasteiger partial charge in [-0.25, -0.2) is 4.98 Å². The lowest BCUT2D eigenvalue weighted by Crippen LogP contribution is -2.34. The molecule has 0 bridgehead atoms. The van der Waals surface area contributed by atoms with E-state index in [0.717, 1.165) is 50.2 Å². The summed E-state index contributed by atoms with van der Waals surface area (Å²) in [7, 11) is 1.90. The van der Waals surface area contributed by atoms with Crippen molar-refractivity contribution in [1.29, 1.82) is 0 Å². The van der Waals surface area contributed by atoms with E-state index in [2.05, 4.69) is 15.4 Å². The molecule has 2 aromatic heterocycles. The highest BCUT2D eigenvalue weighted by Gasteiger charge is 2.31. The molecule has 2 atom stereocenters. The standard InChI is InChI=1S/C18H25N5OS/c1-12-20-14-6-3-7-16(17(14)25-12)22(2)18(24)15-8-10-23(21-15)13-5-4-9-19-11-13/h8,10,13,16,19H,3-7,9,11H2,1-2H3. The van der Waals surface area contributed by atoms with Crippen molar-refractivity contribution in [3.05, 3.63) is 33.5 Å². The minimum Gasteiger partial charge on any atom is -0.332 e. The van der Waals surface area contributed by atoms with E-state index in [1.165, 1.54) is 10.6 Å². The quantitative estimate of drug-likeness (QED) is 0.915. The van der Waals surface area contributed by atoms with Crippen LogP contribution in [0.2, 0.25) is 0 Å². The van der Waals surface area contributed by atoms with Crippen molar-refractivity contribution in [3.8, 4) is 0 Å². The number of nitrogens with one attached hydrogen (secondary N) is 1. The van der Waals surface area contributed by atoms with Crippen LogP contribution in [0.5, 0.6) is 0 Å². The van der Waals surface area contributed by atoms with Crippen LogP contribution in [0.25, 0.3) is 0 Å². The Morgan fingerprint density at radius 2 is 2.28 bits per heavy atom. The summed E-state index contributed by atoms with van der Waals surface area (Å²) in [6.45, 7) is 4.05. The number of hydrogen-bond acceptors (Lipinski definition) is 5. The number of thiazole rings is 1. The van der Waals surface area contributed by atoms with Crippen molar-refractivity contribution in [2.75, 3.05) is 20.1 Å². The van der Waals surface area contributed by atoms with Gasteiger partial charge < -0.3 is 10.2 Å². The molecule has 2 unspecified atom stereocenters. The van der Waals surface area contributed by atoms with Gasteiger partial charge in [-0.1, -0.05) is 0 Å². The lowest BCUT2D eigenvalue weighted by molar-refractivity contribution is 0.0710. The van der Waals surface area contributed by atoms with Crippen molar-refractivity contribution in [3.63, 3.8) is 0 Å². The zero-order chi connectivity index (χ0) is 17.4. The Morgan fingerprint density at radius 1 is 1.40 bits per heavy atom. The maximum atomic E-state index is 13.0. The topological polar surface area (TPSA) is 63.1 Å². The van der Waals surface area contributed by atoms with Gasteiger partial charge in [-0.15, -0.1) is 11.3 Å². The molecular formula is C18H25N5OS. The Hall–Kier alpha value is -1.73. The third kappa shape index (κ3) is 3.22. The van der Waals surface area contributed by atoms with Gasteiger partial charge in [0.1, 0.15) is 5.69 Å². The number of aryl methyl sites for hydroxylation is 2. The molecule has 3 heterocycles. The molecule has 0 radical (unpaired) electrons. The monoisotopic (exact) mass is 359 g/mol. The van der Waals surface area contributed by atoms with Crippen LogP contribution in [0.1, 0.15) is 63.8 Å². The Morgan fingerprint density at radius 3 is 3.08 bits per heavy atom. The van der Waals surface area contributed by atoms with Gasteiger partial charge in [-0.2, -0.15) is 5.10 Å². The van der Waals surface area contributed by atoms with Crippen LogP contribution < -0.4 is 5.32 Å². The Balaban J connectivity index is 1.52. The molecule has 6 nitrogen and oxygen atoms in total. The van der Waals surface area contributed by atoms with Crippen LogP contribution in [0.3, 0.4) is 0 Å². The highest BCUT2D eigenvalue weighted by Crippen LogP contribution is 2.37. The second kappa shape index (κ2) is 6.88. The van der Waals surface area contributed by atoms with Crippen molar-refractivity contribution in [1.82, 2.24) is 25.0 Å². The van der Waals surface area contributed by atoms with Gasteiger partial charge in [0.25, 0.3) is 5.91 Å². The average Bonchev–Trinajstić information content (AvgIpc) is 3.26. The van der Waals surface area contributed by atoms with Gasteiger partial charge in [0.05, 0.1) is 27.7 Å². The third-order valence-electron chi connectivity index (χ3n) is 5.29. The molecular weight excluding hydrogens is 334 g/mol. The van der Waals surface area contributed by atoms with E-state index in [-0.39, 0.29) is 11.9 Å². The Labute approximate surface area is 152 Å². The number of rotatable bonds is 3. The van der Waals surface area contributed by atoms with Crippen molar-refractivity contribution < 1.29 is 4.79 Å². The SMILES string of the molecule is Cc1nc2c(s1)C(N(C)C(=O)c1ccn(C3CCCNC3)n1)CCC2. The second-order valence-corrected chi connectivity index (χ2v) is 8.28. The van der Waals surface area contributed by atoms with Gasteiger partial charge in [0.2, 0.25) is 0 Å². The van der Waals surface area contributed by atoms with Crippen LogP contribution in [-0.2, 0) is 6.42 Å². The molecule has 2 aliphatic rings. The number of piperidine rings is 1. The van der Waals surface area contributed by atoms with Gasteiger partial charge in [0, 0.05) is 19.8 Å². The number of fused-ring (bicyclic) bond motifs is 1. The zero-order valence-electron chi connectivity index (χ0n) is 14.9. The lowest BCUT2D eigenvalue weighted by atomic mass is 9.97. The maximum absolute atomic E-state index is 13.0. The summed E-state index contributed by atoms with van der Waals surface area (Å²) in [6.07, 6.45) is 7.34. The average molecular weight is 359 g/mol. The van der Waals surface area contributed by atoms with Crippen molar-refractivity contribution >= 4 is 17.2 Å². The highest BCUT2D eigenvalue weighted by molar-refractivity contribution is 7.11. The molecule has 1 aliphatic heterocycles. The van der Waals surface area contributed by atoms with Crippen LogP contribution in [-0.4, -0.2) is 45.7 Å². The summed E-state index contributed by atoms with van der Waals surface area (Å²) < 4.78 is 1.95. The highest BCUT2D eigenvalue weighted by atomic mass is 32.1. The van der Waals surface area contributed by atoms with E-state index < -0.39 is 0 Å². The van der Waals surface area contributed by atoms with E-state index >= 15 is 0 Å². The van der Waals surface area contributed by atoms with Crippen LogP contribution in [0, 0.1) is 6.92 Å². The summed E-state index contributed by atoms with van der Waals surface area (Å²) in [6, 6.07) is 2.34. The molecule has 0 saturated carbocycles. The first kappa shape index (κ1) is 16.7. The van der Waals surface area contributed by atoms with Gasteiger partial charge >= 0.3 is 0 Å². The molecule has 7 heteroatoms. The number of carbonyl (C=O) groups is 1. The fraction of sp³-hybridized carbons (Fsp3) is 0.611. The van der Waals surface area contributed by atoms with Crippen LogP contribution >= 0.6 is 11.3 Å². The summed E-state index contributed by atoms with van der Waals surface area (Å²) in [5.41, 5.74) is 1.72. The molecule has 1 fully saturated rings. The smallest absolute Gasteiger partial charge is 0.274 e. The number of hydrogen-bond donors (Lipinski definition) is 1. The molecule has 0 aromatic carbocycles. The Bertz CT molecular complexity index is 761. The number of amides is 1. The fourth-order valence-electron chi connectivity index (χ4n) is 3.93. The van der Waals surface area contributed by atoms with Crippen molar-refractivity contribution in [2.45, 2.75) is 51.1 Å². The first-order chi connectivity index (χ1) is 12.1. The largest absolute Gasteiger partial charge is 0.332 e. The minimum absolute atomic E-state index is 0.00595. The van der Waals surface area contributed by atoms with E-state index in [0.29, 0.717) is 11.7 Å². The van der Waals surface area contributed by atoms with Gasteiger partial charge in [0.15, 0.2) is 0 Å². The normalized spacial score (nSPS) is 23.3. The Kier molecular flexibility index (Phi) is 4.60. The molecule has 1 aliphatic carbocycles. The fourth-order valence-corrected chi connectivity index (χ4v) is 5.08. The molecule has 134 valence electrons. The molecule has 0 spiro atoms. The summed E-state index contributed by atoms with van der Waals surface area (Å²) >= 11 is 1.73. The molecule has 1 amide bonds. The number of nitrogens with zero attached hydrogens (tertiary/aromatic N) is 4. The summed E-state index contributed by atoms with van der Waals surface area (Å²) in [5, 5.41) is 9.07. The van der Waals surface area contributed by atoms with E-state index in [9.17, 15) is 4.79 Å². The lowest BCUT2D eigenvalue weighted by Gasteiger charge is -2.30. The molecule has 1 N–H and O–H groups in total. The second-order valence-electron chi connectivity index (χ2n) is 7.05.